The number of nitrogens with zero attached hydrogens (tertiary/aromatic N) is 2. The molecule has 1 N–H and O–H groups in total. The van der Waals surface area contributed by atoms with Gasteiger partial charge in [-0.25, -0.2) is 0 Å². The fraction of sp³-hybridized carbons (Fsp3) is 0.455. The van der Waals surface area contributed by atoms with E-state index in [0.29, 0.717) is 5.92 Å². The van der Waals surface area contributed by atoms with Gasteiger partial charge in [-0.15, -0.1) is 0 Å². The van der Waals surface area contributed by atoms with E-state index in [1.807, 2.05) is 0 Å². The molecule has 2 atom stereocenters. The number of hydrogen-bond donors (Lipinski definition) is 1. The number of anilines is 2. The highest BCUT2D eigenvalue weighted by Gasteiger charge is 2.39. The largest absolute Gasteiger partial charge is 0.371 e. The van der Waals surface area contributed by atoms with Crippen LogP contribution in [0.15, 0.2) is 36.4 Å². The predicted octanol–water partition coefficient (Wildman–Crippen LogP) is 3.28. The summed E-state index contributed by atoms with van der Waals surface area (Å²) in [5.74, 6) is 1.51. The van der Waals surface area contributed by atoms with Crippen molar-refractivity contribution in [2.45, 2.75) is 31.8 Å². The lowest BCUT2D eigenvalue weighted by Gasteiger charge is -2.42. The molecule has 25 heavy (non-hydrogen) atoms. The number of fused-ring (bicyclic) bond motifs is 3. The Morgan fingerprint density at radius 1 is 0.920 bits per heavy atom. The summed E-state index contributed by atoms with van der Waals surface area (Å²) in [6, 6.07) is 14.0. The van der Waals surface area contributed by atoms with Crippen LogP contribution in [0, 0.1) is 5.92 Å². The van der Waals surface area contributed by atoms with Gasteiger partial charge in [-0.05, 0) is 53.1 Å². The summed E-state index contributed by atoms with van der Waals surface area (Å²) < 4.78 is 0. The van der Waals surface area contributed by atoms with E-state index in [1.54, 1.807) is 16.8 Å². The lowest BCUT2D eigenvalue weighted by molar-refractivity contribution is 0.470. The highest BCUT2D eigenvalue weighted by Crippen LogP contribution is 2.46. The lowest BCUT2D eigenvalue weighted by Crippen LogP contribution is -2.41. The molecule has 0 saturated carbocycles. The molecule has 4 heterocycles. The highest BCUT2D eigenvalue weighted by molar-refractivity contribution is 5.71. The molecule has 1 unspecified atom stereocenters. The molecule has 0 radical (unpaired) electrons. The Bertz CT molecular complexity index is 818. The van der Waals surface area contributed by atoms with E-state index >= 15 is 0 Å². The molecule has 1 fully saturated rings. The molecule has 3 nitrogen and oxygen atoms in total. The first-order valence-corrected chi connectivity index (χ1v) is 9.81. The third-order valence-electron chi connectivity index (χ3n) is 6.79. The van der Waals surface area contributed by atoms with Crippen LogP contribution in [0.25, 0.3) is 0 Å². The van der Waals surface area contributed by atoms with Gasteiger partial charge in [0.25, 0.3) is 0 Å². The van der Waals surface area contributed by atoms with Crippen LogP contribution in [0.1, 0.15) is 34.6 Å². The summed E-state index contributed by atoms with van der Waals surface area (Å²) in [5, 5.41) is 3.65. The van der Waals surface area contributed by atoms with Crippen molar-refractivity contribution in [2.24, 2.45) is 5.92 Å². The number of nitrogens with one attached hydrogen (secondary N) is 1. The second kappa shape index (κ2) is 5.25. The lowest BCUT2D eigenvalue weighted by atomic mass is 9.80. The third-order valence-corrected chi connectivity index (χ3v) is 6.79. The van der Waals surface area contributed by atoms with Crippen LogP contribution in [-0.2, 0) is 19.5 Å². The van der Waals surface area contributed by atoms with Crippen molar-refractivity contribution in [1.29, 1.82) is 0 Å². The molecule has 0 aliphatic carbocycles. The molecule has 2 aromatic rings. The second-order valence-electron chi connectivity index (χ2n) is 8.24. The first-order valence-electron chi connectivity index (χ1n) is 9.81. The van der Waals surface area contributed by atoms with E-state index in [4.69, 9.17) is 0 Å². The summed E-state index contributed by atoms with van der Waals surface area (Å²) in [6.07, 6.45) is 2.55. The van der Waals surface area contributed by atoms with Crippen molar-refractivity contribution < 1.29 is 0 Å². The Kier molecular flexibility index (Phi) is 2.98. The molecule has 128 valence electrons. The minimum atomic E-state index is 0.716. The van der Waals surface area contributed by atoms with Gasteiger partial charge in [0.05, 0.1) is 0 Å². The van der Waals surface area contributed by atoms with E-state index in [2.05, 4.69) is 51.5 Å². The molecule has 1 saturated heterocycles. The first-order chi connectivity index (χ1) is 12.4. The fourth-order valence-electron chi connectivity index (χ4n) is 5.59. The third kappa shape index (κ3) is 2.08. The zero-order chi connectivity index (χ0) is 16.4. The van der Waals surface area contributed by atoms with Crippen LogP contribution < -0.4 is 15.1 Å². The monoisotopic (exact) mass is 331 g/mol. The second-order valence-corrected chi connectivity index (χ2v) is 8.24. The Morgan fingerprint density at radius 3 is 2.60 bits per heavy atom. The average molecular weight is 331 g/mol. The molecule has 4 aliphatic rings. The minimum Gasteiger partial charge on any atom is -0.371 e. The van der Waals surface area contributed by atoms with Gasteiger partial charge in [-0.2, -0.15) is 0 Å². The van der Waals surface area contributed by atoms with E-state index in [0.717, 1.165) is 25.6 Å². The smallest absolute Gasteiger partial charge is 0.0436 e. The maximum Gasteiger partial charge on any atom is 0.0436 e. The minimum absolute atomic E-state index is 0.716. The summed E-state index contributed by atoms with van der Waals surface area (Å²) in [4.78, 5) is 5.26. The summed E-state index contributed by atoms with van der Waals surface area (Å²) in [7, 11) is 0. The SMILES string of the molecule is c1ccc2c(c1)CN(c1cc3c4c(c1)C1CNC[C@@H]1CN4CCC3)C2. The van der Waals surface area contributed by atoms with Crippen LogP contribution in [0.2, 0.25) is 0 Å². The van der Waals surface area contributed by atoms with Gasteiger partial charge in [0.15, 0.2) is 0 Å². The maximum absolute atomic E-state index is 3.65. The Morgan fingerprint density at radius 2 is 1.76 bits per heavy atom. The fourth-order valence-corrected chi connectivity index (χ4v) is 5.59. The number of hydrogen-bond acceptors (Lipinski definition) is 3. The normalized spacial score (nSPS) is 26.4. The molecular weight excluding hydrogens is 306 g/mol. The standard InChI is InChI=1S/C22H25N3/c1-2-5-17-13-25(12-16(17)4-1)19-8-15-6-3-7-24-14-18-10-23-11-21(18)20(9-19)22(15)24/h1-2,4-5,8-9,18,21,23H,3,6-7,10-14H2/t18-,21?/m1/s1. The van der Waals surface area contributed by atoms with Gasteiger partial charge in [0.2, 0.25) is 0 Å². The number of rotatable bonds is 1. The zero-order valence-electron chi connectivity index (χ0n) is 14.7. The Labute approximate surface area is 149 Å². The maximum atomic E-state index is 3.65. The van der Waals surface area contributed by atoms with E-state index in [-0.39, 0.29) is 0 Å². The van der Waals surface area contributed by atoms with Gasteiger partial charge in [0, 0.05) is 56.6 Å². The molecule has 2 aromatic carbocycles. The van der Waals surface area contributed by atoms with Crippen LogP contribution in [-0.4, -0.2) is 26.2 Å². The van der Waals surface area contributed by atoms with Crippen molar-refractivity contribution in [3.8, 4) is 0 Å². The van der Waals surface area contributed by atoms with Crippen LogP contribution >= 0.6 is 0 Å². The van der Waals surface area contributed by atoms with Crippen molar-refractivity contribution in [1.82, 2.24) is 5.32 Å². The predicted molar refractivity (Wildman–Crippen MR) is 102 cm³/mol. The molecule has 0 spiro atoms. The van der Waals surface area contributed by atoms with Gasteiger partial charge >= 0.3 is 0 Å². The highest BCUT2D eigenvalue weighted by atomic mass is 15.2. The topological polar surface area (TPSA) is 18.5 Å². The van der Waals surface area contributed by atoms with Crippen LogP contribution in [0.4, 0.5) is 11.4 Å². The molecule has 0 amide bonds. The molecular formula is C22H25N3. The van der Waals surface area contributed by atoms with E-state index < -0.39 is 0 Å². The summed E-state index contributed by atoms with van der Waals surface area (Å²) in [5.41, 5.74) is 9.26. The van der Waals surface area contributed by atoms with Crippen LogP contribution in [0.3, 0.4) is 0 Å². The summed E-state index contributed by atoms with van der Waals surface area (Å²) in [6.45, 7) is 6.97. The number of aryl methyl sites for hydroxylation is 1. The molecule has 0 aromatic heterocycles. The molecule has 6 rings (SSSR count). The molecule has 3 heteroatoms. The zero-order valence-corrected chi connectivity index (χ0v) is 14.7. The first kappa shape index (κ1) is 14.2. The van der Waals surface area contributed by atoms with Gasteiger partial charge in [-0.1, -0.05) is 24.3 Å². The van der Waals surface area contributed by atoms with Crippen molar-refractivity contribution >= 4 is 11.4 Å². The van der Waals surface area contributed by atoms with Gasteiger partial charge in [-0.3, -0.25) is 0 Å². The number of benzene rings is 2. The van der Waals surface area contributed by atoms with E-state index in [9.17, 15) is 0 Å². The molecule has 4 aliphatic heterocycles. The van der Waals surface area contributed by atoms with Gasteiger partial charge < -0.3 is 15.1 Å². The molecule has 0 bridgehead atoms. The van der Waals surface area contributed by atoms with E-state index in [1.165, 1.54) is 49.3 Å². The average Bonchev–Trinajstić information content (AvgIpc) is 3.28. The van der Waals surface area contributed by atoms with Crippen molar-refractivity contribution in [3.63, 3.8) is 0 Å². The van der Waals surface area contributed by atoms with Gasteiger partial charge in [0.1, 0.15) is 0 Å². The summed E-state index contributed by atoms with van der Waals surface area (Å²) >= 11 is 0. The quantitative estimate of drug-likeness (QED) is 0.865. The van der Waals surface area contributed by atoms with Crippen molar-refractivity contribution in [2.75, 3.05) is 36.0 Å². The Balaban J connectivity index is 1.44. The Hall–Kier alpha value is -2.00. The van der Waals surface area contributed by atoms with Crippen molar-refractivity contribution in [3.05, 3.63) is 58.7 Å². The van der Waals surface area contributed by atoms with Crippen LogP contribution in [0.5, 0.6) is 0 Å².